The predicted molar refractivity (Wildman–Crippen MR) is 104 cm³/mol. The Kier molecular flexibility index (Phi) is 6.30. The van der Waals surface area contributed by atoms with Crippen molar-refractivity contribution in [1.29, 1.82) is 0 Å². The van der Waals surface area contributed by atoms with Gasteiger partial charge in [0.15, 0.2) is 6.10 Å². The summed E-state index contributed by atoms with van der Waals surface area (Å²) in [4.78, 5) is 38.7. The fourth-order valence-electron chi connectivity index (χ4n) is 2.76. The lowest BCUT2D eigenvalue weighted by Crippen LogP contribution is -2.25. The normalized spacial score (nSPS) is 17.1. The largest absolute Gasteiger partial charge is 0.489 e. The molecule has 28 heavy (non-hydrogen) atoms. The van der Waals surface area contributed by atoms with E-state index in [-0.39, 0.29) is 17.8 Å². The number of esters is 1. The van der Waals surface area contributed by atoms with E-state index in [1.54, 1.807) is 18.2 Å². The number of amides is 2. The van der Waals surface area contributed by atoms with Gasteiger partial charge in [-0.2, -0.15) is 0 Å². The number of aromatic nitrogens is 1. The average Bonchev–Trinajstić information content (AvgIpc) is 2.96. The van der Waals surface area contributed by atoms with Crippen molar-refractivity contribution in [2.75, 3.05) is 6.61 Å². The minimum Gasteiger partial charge on any atom is -0.489 e. The number of aryl methyl sites for hydroxylation is 1. The standard InChI is InChI=1S/C20H20N2O5S/c1-12-4-3-5-16(21-12)17(27-13(2)23)11-26-15-8-6-14(7-9-15)10-18-19(24)22-20(25)28-18/h3-9,17-18H,10-11H2,1-2H3,(H,22,24,25). The number of hydrogen-bond donors (Lipinski definition) is 1. The molecule has 2 amide bonds. The zero-order valence-corrected chi connectivity index (χ0v) is 16.3. The van der Waals surface area contributed by atoms with Gasteiger partial charge in [0, 0.05) is 12.6 Å². The van der Waals surface area contributed by atoms with E-state index in [0.29, 0.717) is 17.9 Å². The Morgan fingerprint density at radius 2 is 1.96 bits per heavy atom. The van der Waals surface area contributed by atoms with Crippen LogP contribution in [0.5, 0.6) is 5.75 Å². The van der Waals surface area contributed by atoms with Crippen LogP contribution in [0.25, 0.3) is 0 Å². The Bertz CT molecular complexity index is 884. The first-order valence-electron chi connectivity index (χ1n) is 8.74. The molecule has 1 aromatic heterocycles. The molecule has 2 aromatic rings. The second-order valence-electron chi connectivity index (χ2n) is 6.34. The highest BCUT2D eigenvalue weighted by molar-refractivity contribution is 8.15. The third kappa shape index (κ3) is 5.32. The second kappa shape index (κ2) is 8.88. The van der Waals surface area contributed by atoms with E-state index in [1.165, 1.54) is 6.92 Å². The average molecular weight is 400 g/mol. The number of pyridine rings is 1. The van der Waals surface area contributed by atoms with E-state index in [9.17, 15) is 14.4 Å². The van der Waals surface area contributed by atoms with Crippen molar-refractivity contribution in [2.45, 2.75) is 31.6 Å². The van der Waals surface area contributed by atoms with Gasteiger partial charge in [-0.1, -0.05) is 30.0 Å². The predicted octanol–water partition coefficient (Wildman–Crippen LogP) is 2.97. The summed E-state index contributed by atoms with van der Waals surface area (Å²) in [6, 6.07) is 12.8. The van der Waals surface area contributed by atoms with Gasteiger partial charge in [0.1, 0.15) is 12.4 Å². The van der Waals surface area contributed by atoms with Gasteiger partial charge in [0.25, 0.3) is 5.24 Å². The maximum atomic E-state index is 11.7. The molecule has 1 aromatic carbocycles. The monoisotopic (exact) mass is 400 g/mol. The van der Waals surface area contributed by atoms with Crippen molar-refractivity contribution >= 4 is 28.9 Å². The molecule has 7 nitrogen and oxygen atoms in total. The Morgan fingerprint density at radius 1 is 1.21 bits per heavy atom. The summed E-state index contributed by atoms with van der Waals surface area (Å²) < 4.78 is 11.1. The number of imide groups is 1. The molecule has 146 valence electrons. The van der Waals surface area contributed by atoms with Gasteiger partial charge >= 0.3 is 5.97 Å². The first-order chi connectivity index (χ1) is 13.4. The first kappa shape index (κ1) is 19.9. The van der Waals surface area contributed by atoms with E-state index in [2.05, 4.69) is 10.3 Å². The third-order valence-corrected chi connectivity index (χ3v) is 5.04. The molecule has 3 rings (SSSR count). The quantitative estimate of drug-likeness (QED) is 0.714. The van der Waals surface area contributed by atoms with Crippen LogP contribution in [0, 0.1) is 6.92 Å². The molecule has 0 saturated carbocycles. The number of carbonyl (C=O) groups is 3. The Hall–Kier alpha value is -2.87. The SMILES string of the molecule is CC(=O)OC(COc1ccc(CC2SC(=O)NC2=O)cc1)c1cccc(C)n1. The highest BCUT2D eigenvalue weighted by Crippen LogP contribution is 2.24. The number of nitrogens with one attached hydrogen (secondary N) is 1. The summed E-state index contributed by atoms with van der Waals surface area (Å²) in [5.74, 6) is -0.0625. The van der Waals surface area contributed by atoms with E-state index in [0.717, 1.165) is 23.0 Å². The lowest BCUT2D eigenvalue weighted by molar-refractivity contribution is -0.148. The maximum Gasteiger partial charge on any atom is 0.303 e. The van der Waals surface area contributed by atoms with Crippen LogP contribution in [-0.2, 0) is 20.7 Å². The molecule has 0 aliphatic carbocycles. The zero-order chi connectivity index (χ0) is 20.1. The summed E-state index contributed by atoms with van der Waals surface area (Å²) in [5.41, 5.74) is 2.37. The summed E-state index contributed by atoms with van der Waals surface area (Å²) in [7, 11) is 0. The summed E-state index contributed by atoms with van der Waals surface area (Å²) in [5, 5.41) is 1.57. The molecular weight excluding hydrogens is 380 g/mol. The van der Waals surface area contributed by atoms with Crippen LogP contribution in [0.4, 0.5) is 4.79 Å². The number of thioether (sulfide) groups is 1. The molecule has 0 radical (unpaired) electrons. The smallest absolute Gasteiger partial charge is 0.303 e. The van der Waals surface area contributed by atoms with Gasteiger partial charge < -0.3 is 9.47 Å². The van der Waals surface area contributed by atoms with Gasteiger partial charge in [0.2, 0.25) is 5.91 Å². The molecule has 1 aliphatic heterocycles. The van der Waals surface area contributed by atoms with Crippen LogP contribution in [0.1, 0.15) is 30.0 Å². The molecule has 1 N–H and O–H groups in total. The van der Waals surface area contributed by atoms with E-state index in [4.69, 9.17) is 9.47 Å². The van der Waals surface area contributed by atoms with Crippen molar-refractivity contribution in [2.24, 2.45) is 0 Å². The van der Waals surface area contributed by atoms with Crippen LogP contribution in [-0.4, -0.2) is 34.0 Å². The topological polar surface area (TPSA) is 94.6 Å². The van der Waals surface area contributed by atoms with Crippen LogP contribution >= 0.6 is 11.8 Å². The van der Waals surface area contributed by atoms with Gasteiger partial charge in [-0.25, -0.2) is 0 Å². The van der Waals surface area contributed by atoms with Crippen LogP contribution in [0.2, 0.25) is 0 Å². The lowest BCUT2D eigenvalue weighted by atomic mass is 10.1. The van der Waals surface area contributed by atoms with Gasteiger partial charge in [0.05, 0.1) is 10.9 Å². The Labute approximate surface area is 166 Å². The molecule has 0 bridgehead atoms. The molecule has 0 spiro atoms. The lowest BCUT2D eigenvalue weighted by Gasteiger charge is -2.18. The number of carbonyl (C=O) groups excluding carboxylic acids is 3. The van der Waals surface area contributed by atoms with Crippen LogP contribution in [0.15, 0.2) is 42.5 Å². The fraction of sp³-hybridized carbons (Fsp3) is 0.300. The molecule has 1 aliphatic rings. The minimum atomic E-state index is -0.610. The fourth-order valence-corrected chi connectivity index (χ4v) is 3.62. The molecule has 2 atom stereocenters. The second-order valence-corrected chi connectivity index (χ2v) is 7.52. The summed E-state index contributed by atoms with van der Waals surface area (Å²) in [6.07, 6.45) is -0.145. The van der Waals surface area contributed by atoms with Crippen LogP contribution in [0.3, 0.4) is 0 Å². The van der Waals surface area contributed by atoms with Crippen molar-refractivity contribution in [3.63, 3.8) is 0 Å². The van der Waals surface area contributed by atoms with Crippen molar-refractivity contribution < 1.29 is 23.9 Å². The van der Waals surface area contributed by atoms with Crippen LogP contribution < -0.4 is 10.1 Å². The number of nitrogens with zero attached hydrogens (tertiary/aromatic N) is 1. The third-order valence-electron chi connectivity index (χ3n) is 4.06. The maximum absolute atomic E-state index is 11.7. The Morgan fingerprint density at radius 3 is 2.57 bits per heavy atom. The Balaban J connectivity index is 1.61. The first-order valence-corrected chi connectivity index (χ1v) is 9.62. The van der Waals surface area contributed by atoms with E-state index in [1.807, 2.05) is 31.2 Å². The van der Waals surface area contributed by atoms with Gasteiger partial charge in [-0.05, 0) is 43.2 Å². The van der Waals surface area contributed by atoms with Crippen molar-refractivity contribution in [1.82, 2.24) is 10.3 Å². The molecule has 1 saturated heterocycles. The van der Waals surface area contributed by atoms with E-state index >= 15 is 0 Å². The molecule has 2 unspecified atom stereocenters. The van der Waals surface area contributed by atoms with Crippen molar-refractivity contribution in [3.8, 4) is 5.75 Å². The van der Waals surface area contributed by atoms with E-state index < -0.39 is 17.3 Å². The highest BCUT2D eigenvalue weighted by Gasteiger charge is 2.31. The number of rotatable bonds is 7. The number of benzene rings is 1. The molecule has 1 fully saturated rings. The van der Waals surface area contributed by atoms with Gasteiger partial charge in [-0.3, -0.25) is 24.7 Å². The number of hydrogen-bond acceptors (Lipinski definition) is 7. The molecule has 2 heterocycles. The molecule has 8 heteroatoms. The minimum absolute atomic E-state index is 0.130. The number of ether oxygens (including phenoxy) is 2. The highest BCUT2D eigenvalue weighted by atomic mass is 32.2. The zero-order valence-electron chi connectivity index (χ0n) is 15.5. The summed E-state index contributed by atoms with van der Waals surface area (Å²) in [6.45, 7) is 3.34. The summed E-state index contributed by atoms with van der Waals surface area (Å²) >= 11 is 1.01. The van der Waals surface area contributed by atoms with Crippen molar-refractivity contribution in [3.05, 3.63) is 59.4 Å². The molecular formula is C20H20N2O5S. The van der Waals surface area contributed by atoms with Gasteiger partial charge in [-0.15, -0.1) is 0 Å².